The van der Waals surface area contributed by atoms with Gasteiger partial charge >= 0.3 is 0 Å². The third-order valence-electron chi connectivity index (χ3n) is 3.74. The molecular formula is C17H22N2O3S. The van der Waals surface area contributed by atoms with Crippen molar-refractivity contribution in [3.05, 3.63) is 29.8 Å². The molecule has 124 valence electrons. The number of ketones is 1. The fourth-order valence-electron chi connectivity index (χ4n) is 2.45. The van der Waals surface area contributed by atoms with E-state index in [1.807, 2.05) is 4.90 Å². The molecule has 0 saturated carbocycles. The number of carbonyl (C=O) groups is 3. The van der Waals surface area contributed by atoms with E-state index in [1.54, 1.807) is 24.3 Å². The average Bonchev–Trinajstić information content (AvgIpc) is 2.56. The fraction of sp³-hybridized carbons (Fsp3) is 0.471. The molecule has 2 rings (SSSR count). The van der Waals surface area contributed by atoms with Crippen molar-refractivity contribution in [2.24, 2.45) is 0 Å². The van der Waals surface area contributed by atoms with Crippen LogP contribution in [-0.4, -0.2) is 47.1 Å². The maximum Gasteiger partial charge on any atom is 0.234 e. The quantitative estimate of drug-likeness (QED) is 0.812. The maximum absolute atomic E-state index is 12.0. The number of carbonyl (C=O) groups excluding carboxylic acids is 3. The molecule has 1 aliphatic rings. The van der Waals surface area contributed by atoms with Crippen LogP contribution in [0.5, 0.6) is 0 Å². The van der Waals surface area contributed by atoms with E-state index >= 15 is 0 Å². The molecule has 5 nitrogen and oxygen atoms in total. The molecule has 0 bridgehead atoms. The Morgan fingerprint density at radius 2 is 1.70 bits per heavy atom. The van der Waals surface area contributed by atoms with Gasteiger partial charge < -0.3 is 10.2 Å². The molecule has 1 N–H and O–H groups in total. The van der Waals surface area contributed by atoms with Gasteiger partial charge in [-0.2, -0.15) is 0 Å². The summed E-state index contributed by atoms with van der Waals surface area (Å²) >= 11 is 1.33. The van der Waals surface area contributed by atoms with Crippen LogP contribution in [0.25, 0.3) is 0 Å². The molecule has 6 heteroatoms. The van der Waals surface area contributed by atoms with Crippen LogP contribution in [0.2, 0.25) is 0 Å². The van der Waals surface area contributed by atoms with Crippen LogP contribution in [-0.2, 0) is 9.59 Å². The molecule has 0 aromatic heterocycles. The predicted molar refractivity (Wildman–Crippen MR) is 92.8 cm³/mol. The minimum absolute atomic E-state index is 0.00495. The topological polar surface area (TPSA) is 66.5 Å². The van der Waals surface area contributed by atoms with Crippen molar-refractivity contribution >= 4 is 35.0 Å². The van der Waals surface area contributed by atoms with Crippen LogP contribution >= 0.6 is 11.8 Å². The van der Waals surface area contributed by atoms with E-state index in [4.69, 9.17) is 0 Å². The minimum atomic E-state index is -0.142. The molecule has 23 heavy (non-hydrogen) atoms. The molecule has 0 spiro atoms. The Bertz CT molecular complexity index is 566. The molecule has 1 aliphatic heterocycles. The number of rotatable bonds is 6. The van der Waals surface area contributed by atoms with Crippen LogP contribution in [0.4, 0.5) is 5.69 Å². The summed E-state index contributed by atoms with van der Waals surface area (Å²) in [6.07, 6.45) is 3.35. The van der Waals surface area contributed by atoms with Gasteiger partial charge in [0.2, 0.25) is 11.8 Å². The van der Waals surface area contributed by atoms with Crippen molar-refractivity contribution in [3.8, 4) is 0 Å². The molecule has 0 aliphatic carbocycles. The zero-order valence-electron chi connectivity index (χ0n) is 13.3. The van der Waals surface area contributed by atoms with Crippen molar-refractivity contribution in [1.29, 1.82) is 0 Å². The molecule has 1 aromatic rings. The van der Waals surface area contributed by atoms with Crippen LogP contribution in [0.3, 0.4) is 0 Å². The molecule has 0 atom stereocenters. The lowest BCUT2D eigenvalue weighted by molar-refractivity contribution is -0.129. The minimum Gasteiger partial charge on any atom is -0.342 e. The van der Waals surface area contributed by atoms with Crippen LogP contribution < -0.4 is 5.32 Å². The highest BCUT2D eigenvalue weighted by molar-refractivity contribution is 8.00. The summed E-state index contributed by atoms with van der Waals surface area (Å²) in [5.74, 6) is 0.560. The monoisotopic (exact) mass is 334 g/mol. The molecule has 2 amide bonds. The largest absolute Gasteiger partial charge is 0.342 e. The second kappa shape index (κ2) is 8.72. The zero-order valence-corrected chi connectivity index (χ0v) is 14.2. The molecular weight excluding hydrogens is 312 g/mol. The van der Waals surface area contributed by atoms with Gasteiger partial charge in [0.1, 0.15) is 0 Å². The van der Waals surface area contributed by atoms with E-state index in [1.165, 1.54) is 25.1 Å². The second-order valence-electron chi connectivity index (χ2n) is 5.62. The smallest absolute Gasteiger partial charge is 0.234 e. The highest BCUT2D eigenvalue weighted by atomic mass is 32.2. The number of thioether (sulfide) groups is 1. The number of likely N-dealkylation sites (tertiary alicyclic amines) is 1. The first-order valence-electron chi connectivity index (χ1n) is 7.82. The number of Topliss-reactive ketones (excluding diaryl/α,β-unsaturated/α-hetero) is 1. The van der Waals surface area contributed by atoms with Gasteiger partial charge in [0.15, 0.2) is 5.78 Å². The number of nitrogens with zero attached hydrogens (tertiary/aromatic N) is 1. The average molecular weight is 334 g/mol. The number of hydrogen-bond acceptors (Lipinski definition) is 4. The lowest BCUT2D eigenvalue weighted by Gasteiger charge is -2.26. The summed E-state index contributed by atoms with van der Waals surface area (Å²) < 4.78 is 0. The fourth-order valence-corrected chi connectivity index (χ4v) is 3.17. The Labute approximate surface area is 140 Å². The van der Waals surface area contributed by atoms with Gasteiger partial charge in [-0.05, 0) is 50.5 Å². The van der Waals surface area contributed by atoms with Gasteiger partial charge in [0.25, 0.3) is 0 Å². The Kier molecular flexibility index (Phi) is 6.65. The highest BCUT2D eigenvalue weighted by Crippen LogP contribution is 2.13. The Balaban J connectivity index is 1.70. The molecule has 1 saturated heterocycles. The van der Waals surface area contributed by atoms with Crippen molar-refractivity contribution in [3.63, 3.8) is 0 Å². The van der Waals surface area contributed by atoms with E-state index in [0.29, 0.717) is 17.0 Å². The molecule has 0 unspecified atom stereocenters. The first kappa shape index (κ1) is 17.5. The van der Waals surface area contributed by atoms with Crippen molar-refractivity contribution in [1.82, 2.24) is 4.90 Å². The number of piperidine rings is 1. The van der Waals surface area contributed by atoms with Gasteiger partial charge in [0, 0.05) is 24.3 Å². The van der Waals surface area contributed by atoms with E-state index in [9.17, 15) is 14.4 Å². The molecule has 1 heterocycles. The second-order valence-corrected chi connectivity index (χ2v) is 6.60. The molecule has 1 aromatic carbocycles. The van der Waals surface area contributed by atoms with Crippen LogP contribution in [0.15, 0.2) is 24.3 Å². The summed E-state index contributed by atoms with van der Waals surface area (Å²) in [5, 5.41) is 2.77. The molecule has 1 fully saturated rings. The van der Waals surface area contributed by atoms with Crippen LogP contribution in [0, 0.1) is 0 Å². The number of benzene rings is 1. The summed E-state index contributed by atoms with van der Waals surface area (Å²) in [5.41, 5.74) is 1.27. The molecule has 0 radical (unpaired) electrons. The Morgan fingerprint density at radius 1 is 1.04 bits per heavy atom. The van der Waals surface area contributed by atoms with Gasteiger partial charge in [-0.25, -0.2) is 0 Å². The van der Waals surface area contributed by atoms with Crippen LogP contribution in [0.1, 0.15) is 36.5 Å². The van der Waals surface area contributed by atoms with E-state index < -0.39 is 0 Å². The summed E-state index contributed by atoms with van der Waals surface area (Å²) in [6, 6.07) is 6.78. The van der Waals surface area contributed by atoms with Crippen molar-refractivity contribution in [2.75, 3.05) is 29.9 Å². The maximum atomic E-state index is 12.0. The van der Waals surface area contributed by atoms with E-state index in [-0.39, 0.29) is 23.4 Å². The number of anilines is 1. The van der Waals surface area contributed by atoms with Crippen molar-refractivity contribution < 1.29 is 14.4 Å². The number of amides is 2. The zero-order chi connectivity index (χ0) is 16.7. The van der Waals surface area contributed by atoms with E-state index in [2.05, 4.69) is 5.32 Å². The number of hydrogen-bond donors (Lipinski definition) is 1. The van der Waals surface area contributed by atoms with Gasteiger partial charge in [-0.3, -0.25) is 14.4 Å². The van der Waals surface area contributed by atoms with Gasteiger partial charge in [0.05, 0.1) is 11.5 Å². The lowest BCUT2D eigenvalue weighted by Crippen LogP contribution is -2.37. The third kappa shape index (κ3) is 5.71. The van der Waals surface area contributed by atoms with E-state index in [0.717, 1.165) is 25.9 Å². The SMILES string of the molecule is CC(=O)c1ccc(NC(=O)CSCC(=O)N2CCCCC2)cc1. The first-order valence-corrected chi connectivity index (χ1v) is 8.98. The third-order valence-corrected chi connectivity index (χ3v) is 4.66. The van der Waals surface area contributed by atoms with Crippen molar-refractivity contribution in [2.45, 2.75) is 26.2 Å². The summed E-state index contributed by atoms with van der Waals surface area (Å²) in [4.78, 5) is 36.9. The standard InChI is InChI=1S/C17H22N2O3S/c1-13(20)14-5-7-15(8-6-14)18-16(21)11-23-12-17(22)19-9-3-2-4-10-19/h5-8H,2-4,9-12H2,1H3,(H,18,21). The predicted octanol–water partition coefficient (Wildman–Crippen LogP) is 2.57. The van der Waals surface area contributed by atoms with Gasteiger partial charge in [-0.1, -0.05) is 0 Å². The highest BCUT2D eigenvalue weighted by Gasteiger charge is 2.16. The Morgan fingerprint density at radius 3 is 2.30 bits per heavy atom. The number of nitrogens with one attached hydrogen (secondary N) is 1. The first-order chi connectivity index (χ1) is 11.1. The summed E-state index contributed by atoms with van der Waals surface area (Å²) in [6.45, 7) is 3.19. The Hall–Kier alpha value is -1.82. The summed E-state index contributed by atoms with van der Waals surface area (Å²) in [7, 11) is 0. The lowest BCUT2D eigenvalue weighted by atomic mass is 10.1. The normalized spacial score (nSPS) is 14.4. The van der Waals surface area contributed by atoms with Gasteiger partial charge in [-0.15, -0.1) is 11.8 Å².